The minimum absolute atomic E-state index is 0.0480. The molecule has 0 radical (unpaired) electrons. The van der Waals surface area contributed by atoms with Gasteiger partial charge in [0.25, 0.3) is 0 Å². The standard InChI is InChI=1S/C19H21NOS/c1-15-8-6-12-18(16(15)2)20-19(21)14-22-13-7-11-17-9-4-3-5-10-17/h3-12H,13-14H2,1-2H3,(H,20,21)/b11-7+. The molecule has 0 spiro atoms. The van der Waals surface area contributed by atoms with Gasteiger partial charge in [0.05, 0.1) is 5.75 Å². The van der Waals surface area contributed by atoms with Gasteiger partial charge < -0.3 is 5.32 Å². The van der Waals surface area contributed by atoms with Crippen LogP contribution in [0.1, 0.15) is 16.7 Å². The van der Waals surface area contributed by atoms with Crippen LogP contribution in [-0.2, 0) is 4.79 Å². The summed E-state index contributed by atoms with van der Waals surface area (Å²) < 4.78 is 0. The van der Waals surface area contributed by atoms with E-state index in [-0.39, 0.29) is 5.91 Å². The monoisotopic (exact) mass is 311 g/mol. The van der Waals surface area contributed by atoms with Gasteiger partial charge in [0.1, 0.15) is 0 Å². The molecule has 2 rings (SSSR count). The summed E-state index contributed by atoms with van der Waals surface area (Å²) in [5.74, 6) is 1.34. The van der Waals surface area contributed by atoms with Crippen LogP contribution in [-0.4, -0.2) is 17.4 Å². The van der Waals surface area contributed by atoms with Crippen LogP contribution < -0.4 is 5.32 Å². The van der Waals surface area contributed by atoms with Gasteiger partial charge in [-0.25, -0.2) is 0 Å². The number of carbonyl (C=O) groups excluding carboxylic acids is 1. The number of hydrogen-bond donors (Lipinski definition) is 1. The van der Waals surface area contributed by atoms with Crippen molar-refractivity contribution < 1.29 is 4.79 Å². The molecule has 2 nitrogen and oxygen atoms in total. The Labute approximate surface area is 136 Å². The Balaban J connectivity index is 1.74. The lowest BCUT2D eigenvalue weighted by atomic mass is 10.1. The smallest absolute Gasteiger partial charge is 0.234 e. The number of amides is 1. The Bertz CT molecular complexity index is 650. The van der Waals surface area contributed by atoms with Gasteiger partial charge >= 0.3 is 0 Å². The van der Waals surface area contributed by atoms with E-state index in [4.69, 9.17) is 0 Å². The van der Waals surface area contributed by atoms with Crippen molar-refractivity contribution >= 4 is 29.4 Å². The van der Waals surface area contributed by atoms with Crippen molar-refractivity contribution in [2.75, 3.05) is 16.8 Å². The van der Waals surface area contributed by atoms with E-state index < -0.39 is 0 Å². The molecule has 0 aliphatic rings. The summed E-state index contributed by atoms with van der Waals surface area (Å²) in [5, 5.41) is 2.98. The molecule has 0 unspecified atom stereocenters. The Morgan fingerprint density at radius 3 is 2.64 bits per heavy atom. The highest BCUT2D eigenvalue weighted by Gasteiger charge is 2.05. The topological polar surface area (TPSA) is 29.1 Å². The van der Waals surface area contributed by atoms with Crippen molar-refractivity contribution in [1.82, 2.24) is 0 Å². The highest BCUT2D eigenvalue weighted by molar-refractivity contribution is 8.00. The van der Waals surface area contributed by atoms with Gasteiger partial charge in [-0.05, 0) is 36.6 Å². The lowest BCUT2D eigenvalue weighted by Crippen LogP contribution is -2.15. The van der Waals surface area contributed by atoms with Crippen molar-refractivity contribution in [2.45, 2.75) is 13.8 Å². The Kier molecular flexibility index (Phi) is 6.28. The van der Waals surface area contributed by atoms with Crippen LogP contribution >= 0.6 is 11.8 Å². The van der Waals surface area contributed by atoms with Gasteiger partial charge in [-0.15, -0.1) is 11.8 Å². The van der Waals surface area contributed by atoms with E-state index in [1.165, 1.54) is 11.1 Å². The average Bonchev–Trinajstić information content (AvgIpc) is 2.52. The van der Waals surface area contributed by atoms with Gasteiger partial charge in [-0.1, -0.05) is 54.6 Å². The van der Waals surface area contributed by atoms with E-state index >= 15 is 0 Å². The van der Waals surface area contributed by atoms with Crippen molar-refractivity contribution in [3.8, 4) is 0 Å². The maximum atomic E-state index is 12.0. The van der Waals surface area contributed by atoms with Crippen LogP contribution in [0, 0.1) is 13.8 Å². The van der Waals surface area contributed by atoms with Crippen LogP contribution in [0.5, 0.6) is 0 Å². The number of nitrogens with one attached hydrogen (secondary N) is 1. The molecule has 3 heteroatoms. The second-order valence-corrected chi connectivity index (χ2v) is 6.15. The summed E-state index contributed by atoms with van der Waals surface area (Å²) in [6, 6.07) is 16.1. The predicted molar refractivity (Wildman–Crippen MR) is 97.3 cm³/mol. The molecule has 2 aromatic rings. The summed E-state index contributed by atoms with van der Waals surface area (Å²) in [4.78, 5) is 12.0. The fourth-order valence-corrected chi connectivity index (χ4v) is 2.65. The molecule has 1 amide bonds. The maximum absolute atomic E-state index is 12.0. The van der Waals surface area contributed by atoms with Crippen LogP contribution in [0.4, 0.5) is 5.69 Å². The predicted octanol–water partition coefficient (Wildman–Crippen LogP) is 4.69. The highest BCUT2D eigenvalue weighted by Crippen LogP contribution is 2.18. The van der Waals surface area contributed by atoms with E-state index in [1.54, 1.807) is 11.8 Å². The zero-order valence-electron chi connectivity index (χ0n) is 13.0. The molecule has 0 atom stereocenters. The SMILES string of the molecule is Cc1cccc(NC(=O)CSC/C=C/c2ccccc2)c1C. The summed E-state index contributed by atoms with van der Waals surface area (Å²) in [6.45, 7) is 4.08. The first-order valence-electron chi connectivity index (χ1n) is 7.32. The van der Waals surface area contributed by atoms with Crippen LogP contribution in [0.15, 0.2) is 54.6 Å². The van der Waals surface area contributed by atoms with E-state index in [0.717, 1.165) is 17.0 Å². The minimum Gasteiger partial charge on any atom is -0.325 e. The lowest BCUT2D eigenvalue weighted by Gasteiger charge is -2.09. The molecule has 0 aromatic heterocycles. The Hall–Kier alpha value is -2.00. The molecule has 0 heterocycles. The number of thioether (sulfide) groups is 1. The molecule has 0 fully saturated rings. The molecule has 114 valence electrons. The number of aryl methyl sites for hydroxylation is 1. The second kappa shape index (κ2) is 8.44. The Morgan fingerprint density at radius 1 is 1.09 bits per heavy atom. The van der Waals surface area contributed by atoms with Crippen LogP contribution in [0.2, 0.25) is 0 Å². The van der Waals surface area contributed by atoms with Gasteiger partial charge in [-0.2, -0.15) is 0 Å². The first-order chi connectivity index (χ1) is 10.7. The normalized spacial score (nSPS) is 10.8. The summed E-state index contributed by atoms with van der Waals surface area (Å²) in [5.41, 5.74) is 4.41. The van der Waals surface area contributed by atoms with Gasteiger partial charge in [0.15, 0.2) is 0 Å². The molecule has 0 saturated carbocycles. The lowest BCUT2D eigenvalue weighted by molar-refractivity contribution is -0.113. The van der Waals surface area contributed by atoms with Crippen molar-refractivity contribution in [3.05, 3.63) is 71.3 Å². The number of hydrogen-bond acceptors (Lipinski definition) is 2. The zero-order chi connectivity index (χ0) is 15.8. The van der Waals surface area contributed by atoms with E-state index in [2.05, 4.69) is 29.6 Å². The van der Waals surface area contributed by atoms with Crippen LogP contribution in [0.25, 0.3) is 6.08 Å². The largest absolute Gasteiger partial charge is 0.325 e. The molecule has 0 bridgehead atoms. The third kappa shape index (κ3) is 5.08. The molecular formula is C19H21NOS. The minimum atomic E-state index is 0.0480. The Morgan fingerprint density at radius 2 is 1.86 bits per heavy atom. The molecule has 2 aromatic carbocycles. The number of anilines is 1. The second-order valence-electron chi connectivity index (χ2n) is 5.12. The third-order valence-corrected chi connectivity index (χ3v) is 4.33. The van der Waals surface area contributed by atoms with E-state index in [0.29, 0.717) is 5.75 Å². The first kappa shape index (κ1) is 16.4. The maximum Gasteiger partial charge on any atom is 0.234 e. The molecular weight excluding hydrogens is 290 g/mol. The summed E-state index contributed by atoms with van der Waals surface area (Å²) in [6.07, 6.45) is 4.17. The molecule has 0 aliphatic carbocycles. The number of rotatable bonds is 6. The van der Waals surface area contributed by atoms with Crippen LogP contribution in [0.3, 0.4) is 0 Å². The summed E-state index contributed by atoms with van der Waals surface area (Å²) in [7, 11) is 0. The van der Waals surface area contributed by atoms with Gasteiger partial charge in [-0.3, -0.25) is 4.79 Å². The first-order valence-corrected chi connectivity index (χ1v) is 8.47. The quantitative estimate of drug-likeness (QED) is 0.784. The molecule has 22 heavy (non-hydrogen) atoms. The molecule has 1 N–H and O–H groups in total. The van der Waals surface area contributed by atoms with Crippen molar-refractivity contribution in [3.63, 3.8) is 0 Å². The van der Waals surface area contributed by atoms with Crippen molar-refractivity contribution in [2.24, 2.45) is 0 Å². The van der Waals surface area contributed by atoms with E-state index in [1.807, 2.05) is 50.2 Å². The van der Waals surface area contributed by atoms with Gasteiger partial charge in [0.2, 0.25) is 5.91 Å². The number of carbonyl (C=O) groups is 1. The third-order valence-electron chi connectivity index (χ3n) is 3.44. The van der Waals surface area contributed by atoms with Gasteiger partial charge in [0, 0.05) is 11.4 Å². The molecule has 0 saturated heterocycles. The molecule has 0 aliphatic heterocycles. The zero-order valence-corrected chi connectivity index (χ0v) is 13.8. The average molecular weight is 311 g/mol. The fraction of sp³-hybridized carbons (Fsp3) is 0.211. The summed E-state index contributed by atoms with van der Waals surface area (Å²) >= 11 is 1.61. The van der Waals surface area contributed by atoms with Crippen molar-refractivity contribution in [1.29, 1.82) is 0 Å². The highest BCUT2D eigenvalue weighted by atomic mass is 32.2. The number of benzene rings is 2. The fourth-order valence-electron chi connectivity index (χ4n) is 2.04. The van der Waals surface area contributed by atoms with E-state index in [9.17, 15) is 4.79 Å².